The predicted molar refractivity (Wildman–Crippen MR) is 74.8 cm³/mol. The van der Waals surface area contributed by atoms with Gasteiger partial charge in [0.1, 0.15) is 17.5 Å². The lowest BCUT2D eigenvalue weighted by molar-refractivity contribution is 0.509. The van der Waals surface area contributed by atoms with E-state index in [1.807, 2.05) is 6.92 Å². The highest BCUT2D eigenvalue weighted by atomic mass is 19.2. The standard InChI is InChI=1S/C14H16F2N4/c1-3-4-12-19-13(17)8(2)14(20-12)18-9-5-6-10(15)11(16)7-9/h5-7H,3-4H2,1-2H3,(H3,17,18,19,20). The molecule has 2 aromatic rings. The molecule has 1 aromatic carbocycles. The third-order valence-corrected chi connectivity index (χ3v) is 2.89. The second-order valence-corrected chi connectivity index (χ2v) is 4.50. The zero-order chi connectivity index (χ0) is 14.7. The van der Waals surface area contributed by atoms with Crippen LogP contribution < -0.4 is 11.1 Å². The van der Waals surface area contributed by atoms with Gasteiger partial charge in [0.25, 0.3) is 0 Å². The van der Waals surface area contributed by atoms with Gasteiger partial charge in [0.15, 0.2) is 11.6 Å². The Morgan fingerprint density at radius 3 is 2.60 bits per heavy atom. The third-order valence-electron chi connectivity index (χ3n) is 2.89. The van der Waals surface area contributed by atoms with Crippen molar-refractivity contribution in [2.24, 2.45) is 0 Å². The molecule has 0 unspecified atom stereocenters. The molecular weight excluding hydrogens is 262 g/mol. The maximum Gasteiger partial charge on any atom is 0.160 e. The van der Waals surface area contributed by atoms with Crippen molar-refractivity contribution >= 4 is 17.3 Å². The number of aryl methyl sites for hydroxylation is 1. The molecule has 0 radical (unpaired) electrons. The number of nitrogen functional groups attached to an aromatic ring is 1. The summed E-state index contributed by atoms with van der Waals surface area (Å²) in [6.07, 6.45) is 1.60. The Balaban J connectivity index is 2.34. The van der Waals surface area contributed by atoms with Gasteiger partial charge in [0.2, 0.25) is 0 Å². The Labute approximate surface area is 116 Å². The first-order valence-electron chi connectivity index (χ1n) is 6.36. The maximum absolute atomic E-state index is 13.2. The topological polar surface area (TPSA) is 63.8 Å². The van der Waals surface area contributed by atoms with Crippen LogP contribution >= 0.6 is 0 Å². The minimum absolute atomic E-state index is 0.383. The first kappa shape index (κ1) is 14.2. The van der Waals surface area contributed by atoms with Gasteiger partial charge in [-0.2, -0.15) is 0 Å². The van der Waals surface area contributed by atoms with E-state index < -0.39 is 11.6 Å². The number of nitrogens with one attached hydrogen (secondary N) is 1. The van der Waals surface area contributed by atoms with Crippen LogP contribution in [-0.2, 0) is 6.42 Å². The van der Waals surface area contributed by atoms with Crippen molar-refractivity contribution in [1.82, 2.24) is 9.97 Å². The van der Waals surface area contributed by atoms with E-state index in [4.69, 9.17) is 5.73 Å². The van der Waals surface area contributed by atoms with E-state index >= 15 is 0 Å². The SMILES string of the molecule is CCCc1nc(N)c(C)c(Nc2ccc(F)c(F)c2)n1. The van der Waals surface area contributed by atoms with Gasteiger partial charge in [-0.05, 0) is 25.5 Å². The average molecular weight is 278 g/mol. The number of nitrogens with zero attached hydrogens (tertiary/aromatic N) is 2. The highest BCUT2D eigenvalue weighted by Crippen LogP contribution is 2.23. The molecule has 2 rings (SSSR count). The van der Waals surface area contributed by atoms with Gasteiger partial charge >= 0.3 is 0 Å². The van der Waals surface area contributed by atoms with Crippen molar-refractivity contribution in [1.29, 1.82) is 0 Å². The van der Waals surface area contributed by atoms with E-state index in [9.17, 15) is 8.78 Å². The van der Waals surface area contributed by atoms with Crippen LogP contribution in [-0.4, -0.2) is 9.97 Å². The van der Waals surface area contributed by atoms with Crippen LogP contribution in [0.4, 0.5) is 26.1 Å². The van der Waals surface area contributed by atoms with Crippen molar-refractivity contribution in [3.8, 4) is 0 Å². The molecule has 0 aliphatic heterocycles. The molecular formula is C14H16F2N4. The van der Waals surface area contributed by atoms with Crippen molar-refractivity contribution in [3.05, 3.63) is 41.2 Å². The molecule has 0 atom stereocenters. The van der Waals surface area contributed by atoms with Gasteiger partial charge in [-0.25, -0.2) is 18.7 Å². The van der Waals surface area contributed by atoms with E-state index in [1.165, 1.54) is 6.07 Å². The molecule has 0 saturated heterocycles. The molecule has 106 valence electrons. The van der Waals surface area contributed by atoms with Crippen molar-refractivity contribution in [2.75, 3.05) is 11.1 Å². The first-order valence-corrected chi connectivity index (χ1v) is 6.36. The normalized spacial score (nSPS) is 10.6. The fourth-order valence-electron chi connectivity index (χ4n) is 1.75. The number of rotatable bonds is 4. The lowest BCUT2D eigenvalue weighted by atomic mass is 10.2. The zero-order valence-electron chi connectivity index (χ0n) is 11.4. The number of anilines is 3. The van der Waals surface area contributed by atoms with Crippen LogP contribution in [0.15, 0.2) is 18.2 Å². The van der Waals surface area contributed by atoms with Gasteiger partial charge < -0.3 is 11.1 Å². The zero-order valence-corrected chi connectivity index (χ0v) is 11.4. The number of hydrogen-bond donors (Lipinski definition) is 2. The van der Waals surface area contributed by atoms with Crippen LogP contribution in [0.3, 0.4) is 0 Å². The molecule has 0 aliphatic carbocycles. The van der Waals surface area contributed by atoms with Gasteiger partial charge in [-0.15, -0.1) is 0 Å². The fraction of sp³-hybridized carbons (Fsp3) is 0.286. The van der Waals surface area contributed by atoms with Gasteiger partial charge in [0.05, 0.1) is 0 Å². The van der Waals surface area contributed by atoms with Crippen LogP contribution in [0.5, 0.6) is 0 Å². The summed E-state index contributed by atoms with van der Waals surface area (Å²) in [5, 5.41) is 2.94. The molecule has 0 saturated carbocycles. The smallest absolute Gasteiger partial charge is 0.160 e. The summed E-state index contributed by atoms with van der Waals surface area (Å²) in [5.74, 6) is -0.286. The molecule has 0 fully saturated rings. The Morgan fingerprint density at radius 2 is 1.95 bits per heavy atom. The molecule has 0 spiro atoms. The van der Waals surface area contributed by atoms with Gasteiger partial charge in [0, 0.05) is 23.7 Å². The Bertz CT molecular complexity index is 629. The predicted octanol–water partition coefficient (Wildman–Crippen LogP) is 3.34. The second kappa shape index (κ2) is 5.81. The fourth-order valence-corrected chi connectivity index (χ4v) is 1.75. The van der Waals surface area contributed by atoms with E-state index in [0.29, 0.717) is 35.1 Å². The van der Waals surface area contributed by atoms with Crippen LogP contribution in [0.1, 0.15) is 24.7 Å². The first-order chi connectivity index (χ1) is 9.51. The number of halogens is 2. The Hall–Kier alpha value is -2.24. The summed E-state index contributed by atoms with van der Waals surface area (Å²) < 4.78 is 26.1. The van der Waals surface area contributed by atoms with Crippen molar-refractivity contribution < 1.29 is 8.78 Å². The summed E-state index contributed by atoms with van der Waals surface area (Å²) in [7, 11) is 0. The molecule has 20 heavy (non-hydrogen) atoms. The molecule has 0 bridgehead atoms. The summed E-state index contributed by atoms with van der Waals surface area (Å²) >= 11 is 0. The largest absolute Gasteiger partial charge is 0.383 e. The molecule has 3 N–H and O–H groups in total. The summed E-state index contributed by atoms with van der Waals surface area (Å²) in [4.78, 5) is 8.54. The van der Waals surface area contributed by atoms with Crippen molar-refractivity contribution in [3.63, 3.8) is 0 Å². The molecule has 6 heteroatoms. The van der Waals surface area contributed by atoms with Crippen LogP contribution in [0, 0.1) is 18.6 Å². The van der Waals surface area contributed by atoms with Crippen LogP contribution in [0.2, 0.25) is 0 Å². The Morgan fingerprint density at radius 1 is 1.20 bits per heavy atom. The molecule has 1 heterocycles. The quantitative estimate of drug-likeness (QED) is 0.900. The Kier molecular flexibility index (Phi) is 4.12. The number of nitrogens with two attached hydrogens (primary N) is 1. The molecule has 1 aromatic heterocycles. The molecule has 4 nitrogen and oxygen atoms in total. The van der Waals surface area contributed by atoms with Gasteiger partial charge in [-0.1, -0.05) is 6.92 Å². The van der Waals surface area contributed by atoms with Gasteiger partial charge in [-0.3, -0.25) is 0 Å². The van der Waals surface area contributed by atoms with E-state index in [0.717, 1.165) is 18.6 Å². The highest BCUT2D eigenvalue weighted by Gasteiger charge is 2.10. The molecule has 0 amide bonds. The molecule has 0 aliphatic rings. The van der Waals surface area contributed by atoms with Crippen molar-refractivity contribution in [2.45, 2.75) is 26.7 Å². The third kappa shape index (κ3) is 3.01. The number of hydrogen-bond acceptors (Lipinski definition) is 4. The van der Waals surface area contributed by atoms with E-state index in [2.05, 4.69) is 15.3 Å². The summed E-state index contributed by atoms with van der Waals surface area (Å²) in [6.45, 7) is 3.79. The minimum atomic E-state index is -0.913. The summed E-state index contributed by atoms with van der Waals surface area (Å²) in [6, 6.07) is 3.58. The number of benzene rings is 1. The monoisotopic (exact) mass is 278 g/mol. The highest BCUT2D eigenvalue weighted by molar-refractivity contribution is 5.63. The lowest BCUT2D eigenvalue weighted by Crippen LogP contribution is -2.07. The average Bonchev–Trinajstić information content (AvgIpc) is 2.40. The van der Waals surface area contributed by atoms with Crippen LogP contribution in [0.25, 0.3) is 0 Å². The number of aromatic nitrogens is 2. The minimum Gasteiger partial charge on any atom is -0.383 e. The van der Waals surface area contributed by atoms with E-state index in [-0.39, 0.29) is 0 Å². The van der Waals surface area contributed by atoms with E-state index in [1.54, 1.807) is 6.92 Å². The summed E-state index contributed by atoms with van der Waals surface area (Å²) in [5.41, 5.74) is 6.92. The lowest BCUT2D eigenvalue weighted by Gasteiger charge is -2.12. The second-order valence-electron chi connectivity index (χ2n) is 4.50. The maximum atomic E-state index is 13.2.